The first-order chi connectivity index (χ1) is 15.2. The Bertz CT molecular complexity index is 1110. The monoisotopic (exact) mass is 431 g/mol. The summed E-state index contributed by atoms with van der Waals surface area (Å²) in [4.78, 5) is 20.1. The first kappa shape index (κ1) is 19.8. The highest BCUT2D eigenvalue weighted by atomic mass is 32.1. The molecule has 0 spiro atoms. The lowest BCUT2D eigenvalue weighted by atomic mass is 10.0. The molecule has 1 aliphatic carbocycles. The Morgan fingerprint density at radius 3 is 2.87 bits per heavy atom. The molecule has 3 aromatic rings. The number of hydrogen-bond acceptors (Lipinski definition) is 5. The third-order valence-corrected chi connectivity index (χ3v) is 7.18. The van der Waals surface area contributed by atoms with E-state index in [1.54, 1.807) is 0 Å². The number of aromatic nitrogens is 2. The molecule has 31 heavy (non-hydrogen) atoms. The Balaban J connectivity index is 1.28. The van der Waals surface area contributed by atoms with Crippen LogP contribution in [0.15, 0.2) is 54.0 Å². The first-order valence-electron chi connectivity index (χ1n) is 10.8. The predicted octanol–water partition coefficient (Wildman–Crippen LogP) is 5.23. The average Bonchev–Trinajstić information content (AvgIpc) is 3.19. The van der Waals surface area contributed by atoms with Gasteiger partial charge in [-0.2, -0.15) is 5.26 Å². The zero-order valence-corrected chi connectivity index (χ0v) is 18.1. The second kappa shape index (κ2) is 8.20. The summed E-state index contributed by atoms with van der Waals surface area (Å²) >= 11 is 1.48. The summed E-state index contributed by atoms with van der Waals surface area (Å²) in [7, 11) is 0. The van der Waals surface area contributed by atoms with Gasteiger partial charge in [-0.1, -0.05) is 18.2 Å². The molecule has 1 N–H and O–H groups in total. The molecule has 0 bridgehead atoms. The van der Waals surface area contributed by atoms with Crippen LogP contribution in [0.1, 0.15) is 54.3 Å². The topological polar surface area (TPSA) is 74.0 Å². The summed E-state index contributed by atoms with van der Waals surface area (Å²) in [5.41, 5.74) is 2.89. The minimum absolute atomic E-state index is 0.0422. The maximum Gasteiger partial charge on any atom is 0.274 e. The van der Waals surface area contributed by atoms with E-state index < -0.39 is 0 Å². The minimum Gasteiger partial charge on any atom is -0.363 e. The molecule has 3 heterocycles. The number of nitrogens with zero attached hydrogens (tertiary/aromatic N) is 4. The lowest BCUT2D eigenvalue weighted by Crippen LogP contribution is -2.23. The summed E-state index contributed by atoms with van der Waals surface area (Å²) in [5.74, 6) is -0.148. The largest absolute Gasteiger partial charge is 0.363 e. The Morgan fingerprint density at radius 2 is 2.10 bits per heavy atom. The van der Waals surface area contributed by atoms with Gasteiger partial charge in [0.2, 0.25) is 0 Å². The van der Waals surface area contributed by atoms with Gasteiger partial charge in [0, 0.05) is 42.2 Å². The van der Waals surface area contributed by atoms with E-state index in [9.17, 15) is 4.79 Å². The zero-order valence-electron chi connectivity index (χ0n) is 17.3. The van der Waals surface area contributed by atoms with Crippen LogP contribution >= 0.6 is 11.3 Å². The maximum absolute atomic E-state index is 12.9. The van der Waals surface area contributed by atoms with Gasteiger partial charge in [0.05, 0.1) is 17.8 Å². The summed E-state index contributed by atoms with van der Waals surface area (Å²) in [6, 6.07) is 16.7. The number of thiazole rings is 1. The third kappa shape index (κ3) is 4.08. The number of nitrogens with one attached hydrogen (secondary N) is 1. The summed E-state index contributed by atoms with van der Waals surface area (Å²) < 4.78 is 1.97. The summed E-state index contributed by atoms with van der Waals surface area (Å²) in [6.45, 7) is 1.74. The van der Waals surface area contributed by atoms with E-state index in [-0.39, 0.29) is 17.4 Å². The zero-order chi connectivity index (χ0) is 21.3. The molecule has 1 amide bonds. The number of carbonyl (C=O) groups is 1. The van der Waals surface area contributed by atoms with Crippen LogP contribution in [0.4, 0.5) is 10.8 Å². The van der Waals surface area contributed by atoms with Crippen LogP contribution in [-0.2, 0) is 6.54 Å². The third-order valence-electron chi connectivity index (χ3n) is 6.40. The molecule has 0 radical (unpaired) electrons. The van der Waals surface area contributed by atoms with Crippen molar-refractivity contribution in [2.75, 3.05) is 16.8 Å². The van der Waals surface area contributed by atoms with Crippen molar-refractivity contribution < 1.29 is 4.79 Å². The Morgan fingerprint density at radius 1 is 1.26 bits per heavy atom. The molecule has 6 nitrogen and oxygen atoms in total. The van der Waals surface area contributed by atoms with E-state index in [2.05, 4.69) is 45.9 Å². The smallest absolute Gasteiger partial charge is 0.274 e. The number of anilines is 2. The van der Waals surface area contributed by atoms with Crippen LogP contribution in [0, 0.1) is 16.7 Å². The molecule has 7 heteroatoms. The van der Waals surface area contributed by atoms with Crippen molar-refractivity contribution in [2.45, 2.75) is 44.7 Å². The Labute approximate surface area is 186 Å². The fourth-order valence-electron chi connectivity index (χ4n) is 4.52. The molecule has 1 unspecified atom stereocenters. The number of amides is 1. The fraction of sp³-hybridized carbons (Fsp3) is 0.375. The number of carbonyl (C=O) groups excluding carboxylic acids is 1. The molecular weight excluding hydrogens is 406 g/mol. The van der Waals surface area contributed by atoms with Gasteiger partial charge in [-0.15, -0.1) is 11.3 Å². The normalized spacial score (nSPS) is 19.2. The predicted molar refractivity (Wildman–Crippen MR) is 122 cm³/mol. The van der Waals surface area contributed by atoms with Gasteiger partial charge in [0.25, 0.3) is 5.91 Å². The van der Waals surface area contributed by atoms with Crippen molar-refractivity contribution in [1.82, 2.24) is 9.55 Å². The van der Waals surface area contributed by atoms with Crippen molar-refractivity contribution in [3.63, 3.8) is 0 Å². The van der Waals surface area contributed by atoms with Crippen molar-refractivity contribution in [2.24, 2.45) is 5.41 Å². The molecule has 1 aliphatic heterocycles. The van der Waals surface area contributed by atoms with E-state index in [0.29, 0.717) is 23.8 Å². The van der Waals surface area contributed by atoms with Gasteiger partial charge >= 0.3 is 0 Å². The number of benzene rings is 1. The van der Waals surface area contributed by atoms with Gasteiger partial charge in [-0.3, -0.25) is 10.1 Å². The van der Waals surface area contributed by atoms with Gasteiger partial charge in [-0.25, -0.2) is 4.98 Å². The van der Waals surface area contributed by atoms with Crippen molar-refractivity contribution in [3.8, 4) is 6.07 Å². The molecule has 2 fully saturated rings. The number of nitriles is 1. The summed E-state index contributed by atoms with van der Waals surface area (Å²) in [6.07, 6.45) is 6.77. The van der Waals surface area contributed by atoms with Crippen LogP contribution in [0.3, 0.4) is 0 Å². The van der Waals surface area contributed by atoms with Gasteiger partial charge in [0.15, 0.2) is 5.13 Å². The number of para-hydroxylation sites is 1. The van der Waals surface area contributed by atoms with E-state index in [4.69, 9.17) is 10.2 Å². The summed E-state index contributed by atoms with van der Waals surface area (Å²) in [5, 5.41) is 14.8. The molecule has 5 rings (SSSR count). The van der Waals surface area contributed by atoms with Crippen molar-refractivity contribution >= 4 is 28.1 Å². The van der Waals surface area contributed by atoms with Gasteiger partial charge < -0.3 is 9.47 Å². The molecule has 2 aliphatic rings. The number of rotatable bonds is 7. The highest BCUT2D eigenvalue weighted by molar-refractivity contribution is 7.14. The van der Waals surface area contributed by atoms with E-state index >= 15 is 0 Å². The van der Waals surface area contributed by atoms with E-state index in [0.717, 1.165) is 37.9 Å². The van der Waals surface area contributed by atoms with E-state index in [1.807, 2.05) is 29.0 Å². The molecular formula is C24H25N5OS. The Hall–Kier alpha value is -3.11. The second-order valence-electron chi connectivity index (χ2n) is 8.57. The molecule has 1 saturated heterocycles. The van der Waals surface area contributed by atoms with Crippen LogP contribution in [0.2, 0.25) is 0 Å². The maximum atomic E-state index is 12.9. The van der Waals surface area contributed by atoms with Gasteiger partial charge in [0.1, 0.15) is 5.69 Å². The highest BCUT2D eigenvalue weighted by Gasteiger charge is 2.43. The van der Waals surface area contributed by atoms with Crippen LogP contribution in [0.5, 0.6) is 0 Å². The van der Waals surface area contributed by atoms with Crippen molar-refractivity contribution in [1.29, 1.82) is 5.26 Å². The minimum atomic E-state index is -0.148. The molecule has 1 atom stereocenters. The SMILES string of the molecule is N#CCC1(Cn2cccc2C(=O)Nc2nc(C3CCCN3c3ccccc3)cs2)CC1. The standard InChI is InChI=1S/C24H25N5OS/c25-13-12-24(10-11-24)17-28-14-4-9-21(28)22(30)27-23-26-19(16-31-23)20-8-5-15-29(20)18-6-2-1-3-7-18/h1-4,6-7,9,14,16,20H,5,8,10-12,15,17H2,(H,26,27,30). The lowest BCUT2D eigenvalue weighted by Gasteiger charge is -2.25. The van der Waals surface area contributed by atoms with Crippen LogP contribution in [-0.4, -0.2) is 22.0 Å². The van der Waals surface area contributed by atoms with Gasteiger partial charge in [-0.05, 0) is 49.9 Å². The Kier molecular flexibility index (Phi) is 5.24. The van der Waals surface area contributed by atoms with Crippen LogP contribution in [0.25, 0.3) is 0 Å². The van der Waals surface area contributed by atoms with Crippen molar-refractivity contribution in [3.05, 3.63) is 65.4 Å². The first-order valence-corrected chi connectivity index (χ1v) is 11.7. The van der Waals surface area contributed by atoms with Crippen LogP contribution < -0.4 is 10.2 Å². The number of hydrogen-bond donors (Lipinski definition) is 1. The fourth-order valence-corrected chi connectivity index (χ4v) is 5.27. The molecule has 1 aromatic carbocycles. The lowest BCUT2D eigenvalue weighted by molar-refractivity contribution is 0.101. The molecule has 2 aromatic heterocycles. The highest BCUT2D eigenvalue weighted by Crippen LogP contribution is 2.50. The second-order valence-corrected chi connectivity index (χ2v) is 9.43. The average molecular weight is 432 g/mol. The quantitative estimate of drug-likeness (QED) is 0.556. The molecule has 1 saturated carbocycles. The van der Waals surface area contributed by atoms with E-state index in [1.165, 1.54) is 17.0 Å². The molecule has 158 valence electrons.